The second kappa shape index (κ2) is 6.16. The van der Waals surface area contributed by atoms with Gasteiger partial charge in [0.25, 0.3) is 0 Å². The maximum absolute atomic E-state index is 5.60. The lowest BCUT2D eigenvalue weighted by atomic mass is 10.2. The number of nitrogens with one attached hydrogen (secondary N) is 1. The lowest BCUT2D eigenvalue weighted by molar-refractivity contribution is 0.466. The van der Waals surface area contributed by atoms with Crippen molar-refractivity contribution in [3.63, 3.8) is 0 Å². The van der Waals surface area contributed by atoms with Crippen LogP contribution in [0.3, 0.4) is 0 Å². The van der Waals surface area contributed by atoms with Gasteiger partial charge in [-0.2, -0.15) is 0 Å². The van der Waals surface area contributed by atoms with Crippen molar-refractivity contribution in [3.05, 3.63) is 46.1 Å². The van der Waals surface area contributed by atoms with Gasteiger partial charge in [-0.15, -0.1) is 0 Å². The molecule has 19 heavy (non-hydrogen) atoms. The van der Waals surface area contributed by atoms with Gasteiger partial charge < -0.3 is 15.5 Å². The first-order chi connectivity index (χ1) is 9.10. The molecule has 0 aliphatic carbocycles. The molecule has 3 N–H and O–H groups in total. The highest BCUT2D eigenvalue weighted by molar-refractivity contribution is 9.10. The van der Waals surface area contributed by atoms with Gasteiger partial charge in [-0.3, -0.25) is 0 Å². The highest BCUT2D eigenvalue weighted by Gasteiger charge is 2.05. The number of nitrogens with two attached hydrogens (primary N) is 1. The van der Waals surface area contributed by atoms with Crippen molar-refractivity contribution in [2.24, 2.45) is 5.73 Å². The summed E-state index contributed by atoms with van der Waals surface area (Å²) in [5, 5.41) is 3.23. The van der Waals surface area contributed by atoms with Crippen LogP contribution in [0.25, 0.3) is 0 Å². The summed E-state index contributed by atoms with van der Waals surface area (Å²) in [6.07, 6.45) is 2.60. The number of nitrogens with zero attached hydrogens (tertiary/aromatic N) is 1. The molecule has 0 radical (unpaired) electrons. The number of aromatic nitrogens is 1. The molecule has 0 bridgehead atoms. The molecule has 0 saturated heterocycles. The molecule has 2 rings (SSSR count). The van der Waals surface area contributed by atoms with Crippen LogP contribution in [-0.4, -0.2) is 9.97 Å². The van der Waals surface area contributed by atoms with Gasteiger partial charge in [0.1, 0.15) is 10.7 Å². The third-order valence-corrected chi connectivity index (χ3v) is 3.50. The predicted octanol–water partition coefficient (Wildman–Crippen LogP) is 3.25. The molecule has 0 unspecified atom stereocenters. The van der Waals surface area contributed by atoms with E-state index in [0.29, 0.717) is 17.4 Å². The molecular weight excluding hydrogens is 326 g/mol. The fourth-order valence-corrected chi connectivity index (χ4v) is 2.50. The predicted molar refractivity (Wildman–Crippen MR) is 83.2 cm³/mol. The van der Waals surface area contributed by atoms with Crippen LogP contribution >= 0.6 is 28.1 Å². The summed E-state index contributed by atoms with van der Waals surface area (Å²) in [4.78, 5) is 4.56. The number of thiocarbonyl (C=S) groups is 1. The molecule has 0 aliphatic rings. The zero-order valence-electron chi connectivity index (χ0n) is 10.4. The molecule has 4 nitrogen and oxygen atoms in total. The van der Waals surface area contributed by atoms with E-state index < -0.39 is 0 Å². The van der Waals surface area contributed by atoms with Gasteiger partial charge >= 0.3 is 0 Å². The molecule has 2 aromatic rings. The summed E-state index contributed by atoms with van der Waals surface area (Å²) >= 11 is 8.40. The first-order valence-corrected chi connectivity index (χ1v) is 7.07. The summed E-state index contributed by atoms with van der Waals surface area (Å²) in [6, 6.07) is 5.73. The summed E-state index contributed by atoms with van der Waals surface area (Å²) in [6.45, 7) is 2.57. The summed E-state index contributed by atoms with van der Waals surface area (Å²) in [5.74, 6) is 1.56. The third-order valence-electron chi connectivity index (χ3n) is 2.63. The third kappa shape index (κ3) is 3.54. The van der Waals surface area contributed by atoms with Crippen LogP contribution in [0.5, 0.6) is 0 Å². The highest BCUT2D eigenvalue weighted by Crippen LogP contribution is 2.22. The van der Waals surface area contributed by atoms with Crippen LogP contribution < -0.4 is 11.1 Å². The molecule has 0 spiro atoms. The number of rotatable bonds is 5. The maximum Gasteiger partial charge on any atom is 0.213 e. The molecule has 6 heteroatoms. The van der Waals surface area contributed by atoms with E-state index >= 15 is 0 Å². The number of hydrogen-bond donors (Lipinski definition) is 2. The van der Waals surface area contributed by atoms with Crippen LogP contribution in [0.15, 0.2) is 33.3 Å². The Kier molecular flexibility index (Phi) is 4.55. The van der Waals surface area contributed by atoms with Gasteiger partial charge in [0.2, 0.25) is 5.89 Å². The van der Waals surface area contributed by atoms with Crippen LogP contribution in [-0.2, 0) is 13.0 Å². The average Bonchev–Trinajstić information content (AvgIpc) is 2.84. The van der Waals surface area contributed by atoms with Gasteiger partial charge in [-0.25, -0.2) is 4.98 Å². The van der Waals surface area contributed by atoms with Gasteiger partial charge in [0.15, 0.2) is 0 Å². The van der Waals surface area contributed by atoms with Gasteiger partial charge in [0.05, 0.1) is 12.7 Å². The Labute approximate surface area is 125 Å². The second-order valence-corrected chi connectivity index (χ2v) is 5.28. The number of hydrogen-bond acceptors (Lipinski definition) is 4. The van der Waals surface area contributed by atoms with E-state index in [1.165, 1.54) is 0 Å². The smallest absolute Gasteiger partial charge is 0.213 e. The van der Waals surface area contributed by atoms with Crippen LogP contribution in [0.2, 0.25) is 0 Å². The molecular formula is C13H14BrN3OS. The van der Waals surface area contributed by atoms with Crippen molar-refractivity contribution in [2.45, 2.75) is 19.9 Å². The molecule has 0 fully saturated rings. The number of halogens is 1. The van der Waals surface area contributed by atoms with E-state index in [9.17, 15) is 0 Å². The first-order valence-electron chi connectivity index (χ1n) is 5.87. The van der Waals surface area contributed by atoms with Crippen LogP contribution in [0, 0.1) is 0 Å². The largest absolute Gasteiger partial charge is 0.444 e. The molecule has 1 heterocycles. The zero-order valence-corrected chi connectivity index (χ0v) is 12.8. The van der Waals surface area contributed by atoms with Crippen molar-refractivity contribution in [3.8, 4) is 0 Å². The summed E-state index contributed by atoms with van der Waals surface area (Å²) in [5.41, 5.74) is 7.38. The second-order valence-electron chi connectivity index (χ2n) is 3.99. The SMILES string of the molecule is CCc1cnc(CNc2ccc(C(N)=S)c(Br)c2)o1. The standard InChI is InChI=1S/C13H14BrN3OS/c1-2-9-6-17-12(18-9)7-16-8-3-4-10(13(15)19)11(14)5-8/h3-6,16H,2,7H2,1H3,(H2,15,19). The van der Waals surface area contributed by atoms with Gasteiger partial charge in [-0.05, 0) is 34.1 Å². The fourth-order valence-electron chi connectivity index (χ4n) is 1.60. The van der Waals surface area contributed by atoms with Crippen molar-refractivity contribution in [1.29, 1.82) is 0 Å². The summed E-state index contributed by atoms with van der Waals surface area (Å²) in [7, 11) is 0. The minimum Gasteiger partial charge on any atom is -0.444 e. The topological polar surface area (TPSA) is 64.1 Å². The molecule has 100 valence electrons. The molecule has 1 aromatic heterocycles. The molecule has 1 aromatic carbocycles. The average molecular weight is 340 g/mol. The van der Waals surface area contributed by atoms with Gasteiger partial charge in [0, 0.05) is 22.1 Å². The molecule has 0 atom stereocenters. The fraction of sp³-hybridized carbons (Fsp3) is 0.231. The minimum atomic E-state index is 0.374. The number of aryl methyl sites for hydroxylation is 1. The van der Waals surface area contributed by atoms with Crippen molar-refractivity contribution in [1.82, 2.24) is 4.98 Å². The van der Waals surface area contributed by atoms with E-state index in [0.717, 1.165) is 27.9 Å². The van der Waals surface area contributed by atoms with Crippen molar-refractivity contribution >= 4 is 38.8 Å². The Balaban J connectivity index is 2.03. The van der Waals surface area contributed by atoms with Gasteiger partial charge in [-0.1, -0.05) is 19.1 Å². The van der Waals surface area contributed by atoms with E-state index in [1.807, 2.05) is 25.1 Å². The molecule has 0 aliphatic heterocycles. The van der Waals surface area contributed by atoms with E-state index in [4.69, 9.17) is 22.4 Å². The molecule has 0 saturated carbocycles. The van der Waals surface area contributed by atoms with Crippen LogP contribution in [0.4, 0.5) is 5.69 Å². The Bertz CT molecular complexity index is 597. The first kappa shape index (κ1) is 14.0. The monoisotopic (exact) mass is 339 g/mol. The lowest BCUT2D eigenvalue weighted by Crippen LogP contribution is -2.10. The quantitative estimate of drug-likeness (QED) is 0.818. The van der Waals surface area contributed by atoms with Crippen molar-refractivity contribution in [2.75, 3.05) is 5.32 Å². The lowest BCUT2D eigenvalue weighted by Gasteiger charge is -2.07. The highest BCUT2D eigenvalue weighted by atomic mass is 79.9. The van der Waals surface area contributed by atoms with Crippen molar-refractivity contribution < 1.29 is 4.42 Å². The van der Waals surface area contributed by atoms with E-state index in [1.54, 1.807) is 6.20 Å². The minimum absolute atomic E-state index is 0.374. The maximum atomic E-state index is 5.60. The Hall–Kier alpha value is -1.40. The number of anilines is 1. The Morgan fingerprint density at radius 2 is 2.32 bits per heavy atom. The van der Waals surface area contributed by atoms with Crippen LogP contribution in [0.1, 0.15) is 24.1 Å². The number of oxazole rings is 1. The van der Waals surface area contributed by atoms with E-state index in [-0.39, 0.29) is 0 Å². The Morgan fingerprint density at radius 3 is 2.89 bits per heavy atom. The van der Waals surface area contributed by atoms with E-state index in [2.05, 4.69) is 26.2 Å². The summed E-state index contributed by atoms with van der Waals surface area (Å²) < 4.78 is 6.39. The Morgan fingerprint density at radius 1 is 1.53 bits per heavy atom. The number of benzene rings is 1. The zero-order chi connectivity index (χ0) is 13.8. The normalized spacial score (nSPS) is 10.4. The molecule has 0 amide bonds.